The fourth-order valence-electron chi connectivity index (χ4n) is 3.91. The van der Waals surface area contributed by atoms with E-state index in [1.165, 1.54) is 32.4 Å². The molecule has 2 atom stereocenters. The smallest absolute Gasteiger partial charge is 0.307 e. The molecule has 0 bridgehead atoms. The van der Waals surface area contributed by atoms with Crippen molar-refractivity contribution in [3.05, 3.63) is 59.7 Å². The van der Waals surface area contributed by atoms with Crippen LogP contribution in [0.3, 0.4) is 0 Å². The highest BCUT2D eigenvalue weighted by atomic mass is 16.5. The topological polar surface area (TPSA) is 157 Å². The van der Waals surface area contributed by atoms with Gasteiger partial charge < -0.3 is 30.7 Å². The summed E-state index contributed by atoms with van der Waals surface area (Å²) in [7, 11) is 2.46. The lowest BCUT2D eigenvalue weighted by Gasteiger charge is -2.29. The molecule has 11 heteroatoms. The van der Waals surface area contributed by atoms with Crippen molar-refractivity contribution < 1.29 is 33.4 Å². The molecule has 0 saturated carbocycles. The third-order valence-corrected chi connectivity index (χ3v) is 5.77. The molecule has 3 amide bonds. The molecule has 2 aromatic rings. The average Bonchev–Trinajstić information content (AvgIpc) is 2.96. The number of anilines is 2. The van der Waals surface area contributed by atoms with Crippen LogP contribution in [0, 0.1) is 0 Å². The first kappa shape index (κ1) is 26.2. The van der Waals surface area contributed by atoms with Crippen molar-refractivity contribution in [1.82, 2.24) is 10.2 Å². The van der Waals surface area contributed by atoms with Crippen LogP contribution in [-0.2, 0) is 28.7 Å². The van der Waals surface area contributed by atoms with Gasteiger partial charge in [-0.25, -0.2) is 0 Å². The lowest BCUT2D eigenvalue weighted by molar-refractivity contribution is -0.142. The molecular formula is C25H28N4O7. The standard InChI is InChI=1S/C25H28N4O7/c1-35-22(31)11-10-20-24(33)28-18-9-8-16(26)12-17(18)25(34)29(20)14-21(30)27-19(13-23(32)36-2)15-6-4-3-5-7-15/h3-9,12,19-20H,10-11,13-14,26H2,1-2H3,(H,27,30)(H,28,33)/t19-,20+/m1/s1. The molecule has 1 aliphatic rings. The summed E-state index contributed by atoms with van der Waals surface area (Å²) in [4.78, 5) is 64.5. The first-order valence-electron chi connectivity index (χ1n) is 11.2. The summed E-state index contributed by atoms with van der Waals surface area (Å²) in [5.41, 5.74) is 7.18. The zero-order chi connectivity index (χ0) is 26.2. The van der Waals surface area contributed by atoms with E-state index in [2.05, 4.69) is 15.4 Å². The molecule has 2 aromatic carbocycles. The molecule has 11 nitrogen and oxygen atoms in total. The maximum absolute atomic E-state index is 13.5. The summed E-state index contributed by atoms with van der Waals surface area (Å²) in [5, 5.41) is 5.43. The number of ether oxygens (including phenoxy) is 2. The lowest BCUT2D eigenvalue weighted by atomic mass is 10.0. The summed E-state index contributed by atoms with van der Waals surface area (Å²) in [5.74, 6) is -2.87. The second-order valence-electron chi connectivity index (χ2n) is 8.17. The molecule has 190 valence electrons. The molecule has 1 aliphatic heterocycles. The van der Waals surface area contributed by atoms with Gasteiger partial charge in [0.1, 0.15) is 12.6 Å². The lowest BCUT2D eigenvalue weighted by Crippen LogP contribution is -2.50. The van der Waals surface area contributed by atoms with Gasteiger partial charge >= 0.3 is 11.9 Å². The van der Waals surface area contributed by atoms with Crippen LogP contribution >= 0.6 is 0 Å². The maximum atomic E-state index is 13.5. The number of carbonyl (C=O) groups is 5. The van der Waals surface area contributed by atoms with Crippen LogP contribution in [0.4, 0.5) is 11.4 Å². The van der Waals surface area contributed by atoms with E-state index in [-0.39, 0.29) is 30.5 Å². The Balaban J connectivity index is 1.89. The number of methoxy groups -OCH3 is 2. The minimum Gasteiger partial charge on any atom is -0.469 e. The van der Waals surface area contributed by atoms with Gasteiger partial charge in [0.2, 0.25) is 11.8 Å². The third kappa shape index (κ3) is 6.38. The number of rotatable bonds is 9. The molecule has 0 radical (unpaired) electrons. The van der Waals surface area contributed by atoms with E-state index in [0.29, 0.717) is 11.3 Å². The highest BCUT2D eigenvalue weighted by Crippen LogP contribution is 2.27. The summed E-state index contributed by atoms with van der Waals surface area (Å²) >= 11 is 0. The Morgan fingerprint density at radius 3 is 2.42 bits per heavy atom. The van der Waals surface area contributed by atoms with Gasteiger partial charge in [0.05, 0.1) is 37.9 Å². The molecule has 3 rings (SSSR count). The summed E-state index contributed by atoms with van der Waals surface area (Å²) in [6.45, 7) is -0.503. The van der Waals surface area contributed by atoms with E-state index in [1.54, 1.807) is 30.3 Å². The third-order valence-electron chi connectivity index (χ3n) is 5.77. The van der Waals surface area contributed by atoms with Crippen LogP contribution in [0.1, 0.15) is 41.2 Å². The Kier molecular flexibility index (Phi) is 8.61. The quantitative estimate of drug-likeness (QED) is 0.347. The van der Waals surface area contributed by atoms with E-state index in [4.69, 9.17) is 10.5 Å². The number of nitrogens with two attached hydrogens (primary N) is 1. The van der Waals surface area contributed by atoms with Crippen molar-refractivity contribution >= 4 is 41.0 Å². The molecule has 1 heterocycles. The molecule has 36 heavy (non-hydrogen) atoms. The number of fused-ring (bicyclic) bond motifs is 1. The number of nitrogen functional groups attached to an aromatic ring is 1. The highest BCUT2D eigenvalue weighted by Gasteiger charge is 2.37. The van der Waals surface area contributed by atoms with Gasteiger partial charge in [-0.05, 0) is 30.2 Å². The average molecular weight is 497 g/mol. The number of benzene rings is 2. The normalized spacial score (nSPS) is 15.7. The monoisotopic (exact) mass is 496 g/mol. The molecule has 0 saturated heterocycles. The SMILES string of the molecule is COC(=O)CC[C@H]1C(=O)Nc2ccc(N)cc2C(=O)N1CC(=O)N[C@H](CC(=O)OC)c1ccccc1. The Hall–Kier alpha value is -4.41. The number of esters is 2. The predicted octanol–water partition coefficient (Wildman–Crippen LogP) is 1.41. The van der Waals surface area contributed by atoms with Crippen molar-refractivity contribution in [3.63, 3.8) is 0 Å². The van der Waals surface area contributed by atoms with Gasteiger partial charge in [0.15, 0.2) is 0 Å². The van der Waals surface area contributed by atoms with Crippen molar-refractivity contribution in [2.75, 3.05) is 31.8 Å². The highest BCUT2D eigenvalue weighted by molar-refractivity contribution is 6.11. The Bertz CT molecular complexity index is 1150. The van der Waals surface area contributed by atoms with Gasteiger partial charge in [-0.2, -0.15) is 0 Å². The maximum Gasteiger partial charge on any atom is 0.307 e. The van der Waals surface area contributed by atoms with E-state index in [9.17, 15) is 24.0 Å². The van der Waals surface area contributed by atoms with Gasteiger partial charge in [-0.1, -0.05) is 30.3 Å². The van der Waals surface area contributed by atoms with Gasteiger partial charge in [0, 0.05) is 12.1 Å². The first-order chi connectivity index (χ1) is 17.2. The molecule has 0 spiro atoms. The second kappa shape index (κ2) is 11.8. The fourth-order valence-corrected chi connectivity index (χ4v) is 3.91. The number of amides is 3. The van der Waals surface area contributed by atoms with Crippen LogP contribution in [0.15, 0.2) is 48.5 Å². The van der Waals surface area contributed by atoms with Crippen LogP contribution in [0.25, 0.3) is 0 Å². The minimum absolute atomic E-state index is 0.0642. The Labute approximate surface area is 207 Å². The van der Waals surface area contributed by atoms with E-state index >= 15 is 0 Å². The zero-order valence-corrected chi connectivity index (χ0v) is 20.0. The van der Waals surface area contributed by atoms with E-state index < -0.39 is 48.3 Å². The summed E-state index contributed by atoms with van der Waals surface area (Å²) in [6, 6.07) is 11.4. The summed E-state index contributed by atoms with van der Waals surface area (Å²) in [6.07, 6.45) is -0.343. The van der Waals surface area contributed by atoms with Gasteiger partial charge in [-0.3, -0.25) is 24.0 Å². The molecule has 0 aliphatic carbocycles. The number of carbonyl (C=O) groups excluding carboxylic acids is 5. The number of hydrogen-bond donors (Lipinski definition) is 3. The van der Waals surface area contributed by atoms with Crippen molar-refractivity contribution in [2.45, 2.75) is 31.3 Å². The molecule has 4 N–H and O–H groups in total. The van der Waals surface area contributed by atoms with Gasteiger partial charge in [-0.15, -0.1) is 0 Å². The van der Waals surface area contributed by atoms with E-state index in [1.807, 2.05) is 0 Å². The zero-order valence-electron chi connectivity index (χ0n) is 20.0. The van der Waals surface area contributed by atoms with Crippen LogP contribution < -0.4 is 16.4 Å². The number of nitrogens with one attached hydrogen (secondary N) is 2. The Morgan fingerprint density at radius 2 is 1.75 bits per heavy atom. The minimum atomic E-state index is -1.13. The number of nitrogens with zero attached hydrogens (tertiary/aromatic N) is 1. The van der Waals surface area contributed by atoms with Crippen molar-refractivity contribution in [2.24, 2.45) is 0 Å². The van der Waals surface area contributed by atoms with Crippen LogP contribution in [0.2, 0.25) is 0 Å². The van der Waals surface area contributed by atoms with Crippen molar-refractivity contribution in [3.8, 4) is 0 Å². The molecule has 0 aromatic heterocycles. The van der Waals surface area contributed by atoms with Gasteiger partial charge in [0.25, 0.3) is 5.91 Å². The summed E-state index contributed by atoms with van der Waals surface area (Å²) < 4.78 is 9.41. The molecular weight excluding hydrogens is 468 g/mol. The largest absolute Gasteiger partial charge is 0.469 e. The second-order valence-corrected chi connectivity index (χ2v) is 8.17. The van der Waals surface area contributed by atoms with Crippen LogP contribution in [0.5, 0.6) is 0 Å². The van der Waals surface area contributed by atoms with Crippen molar-refractivity contribution in [1.29, 1.82) is 0 Å². The van der Waals surface area contributed by atoms with E-state index in [0.717, 1.165) is 4.90 Å². The van der Waals surface area contributed by atoms with Crippen LogP contribution in [-0.4, -0.2) is 61.4 Å². The molecule has 0 fully saturated rings. The Morgan fingerprint density at radius 1 is 1.06 bits per heavy atom. The fraction of sp³-hybridized carbons (Fsp3) is 0.320. The number of hydrogen-bond acceptors (Lipinski definition) is 8. The molecule has 0 unspecified atom stereocenters. The predicted molar refractivity (Wildman–Crippen MR) is 130 cm³/mol. The first-order valence-corrected chi connectivity index (χ1v) is 11.2.